The van der Waals surface area contributed by atoms with Crippen molar-refractivity contribution in [3.63, 3.8) is 0 Å². The lowest BCUT2D eigenvalue weighted by molar-refractivity contribution is -0.124. The summed E-state index contributed by atoms with van der Waals surface area (Å²) in [6.45, 7) is 2.09. The highest BCUT2D eigenvalue weighted by Crippen LogP contribution is 2.36. The number of hydrogen-bond donors (Lipinski definition) is 3. The molecule has 2 aromatic carbocycles. The third kappa shape index (κ3) is 5.47. The lowest BCUT2D eigenvalue weighted by Crippen LogP contribution is -2.47. The summed E-state index contributed by atoms with van der Waals surface area (Å²) in [5.41, 5.74) is 8.75. The van der Waals surface area contributed by atoms with Crippen LogP contribution in [0.2, 0.25) is 0 Å². The van der Waals surface area contributed by atoms with E-state index < -0.39 is 0 Å². The fraction of sp³-hybridized carbons (Fsp3) is 0.379. The molecule has 1 saturated carbocycles. The number of carbonyl (C=O) groups is 1. The summed E-state index contributed by atoms with van der Waals surface area (Å²) in [6.07, 6.45) is 6.87. The quantitative estimate of drug-likeness (QED) is 0.292. The van der Waals surface area contributed by atoms with Crippen molar-refractivity contribution in [1.29, 1.82) is 0 Å². The first-order valence-corrected chi connectivity index (χ1v) is 13.4. The Morgan fingerprint density at radius 1 is 1.05 bits per heavy atom. The van der Waals surface area contributed by atoms with Crippen LogP contribution in [0.3, 0.4) is 0 Å². The molecule has 9 nitrogen and oxygen atoms in total. The predicted molar refractivity (Wildman–Crippen MR) is 149 cm³/mol. The largest absolute Gasteiger partial charge is 0.457 e. The van der Waals surface area contributed by atoms with E-state index in [1.54, 1.807) is 0 Å². The van der Waals surface area contributed by atoms with Crippen molar-refractivity contribution in [2.75, 3.05) is 12.8 Å². The van der Waals surface area contributed by atoms with Crippen LogP contribution >= 0.6 is 0 Å². The number of para-hydroxylation sites is 1. The van der Waals surface area contributed by atoms with Gasteiger partial charge in [-0.3, -0.25) is 4.79 Å². The number of ether oxygens (including phenoxy) is 1. The molecule has 38 heavy (non-hydrogen) atoms. The van der Waals surface area contributed by atoms with Crippen molar-refractivity contribution in [2.45, 2.75) is 63.6 Å². The fourth-order valence-corrected chi connectivity index (χ4v) is 5.22. The molecule has 0 bridgehead atoms. The van der Waals surface area contributed by atoms with Crippen molar-refractivity contribution in [2.24, 2.45) is 0 Å². The van der Waals surface area contributed by atoms with E-state index >= 15 is 0 Å². The third-order valence-corrected chi connectivity index (χ3v) is 7.26. The molecule has 9 heteroatoms. The molecular weight excluding hydrogens is 478 g/mol. The summed E-state index contributed by atoms with van der Waals surface area (Å²) in [6, 6.07) is 17.7. The minimum absolute atomic E-state index is 0.0878. The van der Waals surface area contributed by atoms with E-state index in [0.717, 1.165) is 72.3 Å². The van der Waals surface area contributed by atoms with E-state index in [2.05, 4.69) is 27.5 Å². The molecule has 1 fully saturated rings. The summed E-state index contributed by atoms with van der Waals surface area (Å²) < 4.78 is 7.95. The van der Waals surface area contributed by atoms with E-state index in [0.29, 0.717) is 5.82 Å². The number of hydrogen-bond acceptors (Lipinski definition) is 7. The highest BCUT2D eigenvalue weighted by molar-refractivity contribution is 5.98. The zero-order valence-electron chi connectivity index (χ0n) is 21.9. The normalized spacial score (nSPS) is 18.3. The van der Waals surface area contributed by atoms with Crippen molar-refractivity contribution in [3.05, 3.63) is 60.9 Å². The molecule has 0 spiro atoms. The second kappa shape index (κ2) is 11.6. The maximum absolute atomic E-state index is 12.7. The zero-order valence-corrected chi connectivity index (χ0v) is 21.9. The second-order valence-electron chi connectivity index (χ2n) is 9.83. The third-order valence-electron chi connectivity index (χ3n) is 7.26. The summed E-state index contributed by atoms with van der Waals surface area (Å²) in [7, 11) is 1.84. The molecule has 1 atom stereocenters. The van der Waals surface area contributed by atoms with Gasteiger partial charge in [-0.2, -0.15) is 5.10 Å². The topological polar surface area (TPSA) is 120 Å². The lowest BCUT2D eigenvalue weighted by Gasteiger charge is -2.30. The minimum atomic E-state index is -0.139. The first-order valence-electron chi connectivity index (χ1n) is 13.4. The molecule has 1 amide bonds. The van der Waals surface area contributed by atoms with Crippen molar-refractivity contribution in [1.82, 2.24) is 30.4 Å². The predicted octanol–water partition coefficient (Wildman–Crippen LogP) is 4.86. The molecule has 1 aliphatic rings. The summed E-state index contributed by atoms with van der Waals surface area (Å²) in [5, 5.41) is 12.1. The van der Waals surface area contributed by atoms with Gasteiger partial charge in [0.05, 0.1) is 17.5 Å². The number of benzene rings is 2. The van der Waals surface area contributed by atoms with Crippen LogP contribution in [0, 0.1) is 0 Å². The Morgan fingerprint density at radius 3 is 2.45 bits per heavy atom. The maximum Gasteiger partial charge on any atom is 0.237 e. The maximum atomic E-state index is 12.7. The molecule has 0 saturated heterocycles. The average Bonchev–Trinajstić information content (AvgIpc) is 3.34. The number of aromatic nitrogens is 4. The second-order valence-corrected chi connectivity index (χ2v) is 9.83. The molecule has 0 radical (unpaired) electrons. The molecule has 2 heterocycles. The fourth-order valence-electron chi connectivity index (χ4n) is 5.22. The first kappa shape index (κ1) is 25.7. The molecule has 0 unspecified atom stereocenters. The number of anilines is 1. The Kier molecular flexibility index (Phi) is 7.83. The lowest BCUT2D eigenvalue weighted by atomic mass is 9.91. The Hall–Kier alpha value is -3.98. The number of nitrogen functional groups attached to an aromatic ring is 1. The van der Waals surface area contributed by atoms with Crippen LogP contribution in [-0.2, 0) is 4.79 Å². The van der Waals surface area contributed by atoms with Crippen LogP contribution in [0.1, 0.15) is 51.5 Å². The number of nitrogens with zero attached hydrogens (tertiary/aromatic N) is 4. The molecule has 4 N–H and O–H groups in total. The summed E-state index contributed by atoms with van der Waals surface area (Å²) in [5.74, 6) is 2.03. The first-order chi connectivity index (χ1) is 18.6. The smallest absolute Gasteiger partial charge is 0.237 e. The van der Waals surface area contributed by atoms with E-state index in [1.165, 1.54) is 6.33 Å². The van der Waals surface area contributed by atoms with Crippen molar-refractivity contribution >= 4 is 22.8 Å². The van der Waals surface area contributed by atoms with E-state index in [4.69, 9.17) is 15.6 Å². The number of rotatable bonds is 9. The van der Waals surface area contributed by atoms with Crippen LogP contribution in [0.15, 0.2) is 60.9 Å². The monoisotopic (exact) mass is 513 g/mol. The van der Waals surface area contributed by atoms with Gasteiger partial charge in [0.25, 0.3) is 0 Å². The standard InChI is InChI=1S/C29H35N7O2/c1-3-7-24(31-2)29(37)34-20-12-14-21(15-13-20)36-28-25(27(30)32-18-33-28)26(35-36)19-10-16-23(17-11-19)38-22-8-5-4-6-9-22/h4-6,8-11,16-18,20-21,24,31H,3,7,12-15H2,1-2H3,(H,34,37)(H2,30,32,33)/t20?,21?,24-/m1/s1. The van der Waals surface area contributed by atoms with E-state index in [9.17, 15) is 4.79 Å². The van der Waals surface area contributed by atoms with Gasteiger partial charge >= 0.3 is 0 Å². The van der Waals surface area contributed by atoms with Gasteiger partial charge in [0.1, 0.15) is 29.3 Å². The number of nitrogens with one attached hydrogen (secondary N) is 2. The van der Waals surface area contributed by atoms with Gasteiger partial charge in [0, 0.05) is 11.6 Å². The minimum Gasteiger partial charge on any atom is -0.457 e. The van der Waals surface area contributed by atoms with Crippen molar-refractivity contribution in [3.8, 4) is 22.8 Å². The summed E-state index contributed by atoms with van der Waals surface area (Å²) >= 11 is 0. The van der Waals surface area contributed by atoms with Gasteiger partial charge in [0.15, 0.2) is 5.65 Å². The van der Waals surface area contributed by atoms with Crippen LogP contribution in [0.25, 0.3) is 22.3 Å². The zero-order chi connectivity index (χ0) is 26.5. The molecule has 4 aromatic rings. The molecule has 198 valence electrons. The Balaban J connectivity index is 1.34. The molecule has 2 aromatic heterocycles. The Morgan fingerprint density at radius 2 is 1.76 bits per heavy atom. The van der Waals surface area contributed by atoms with Crippen LogP contribution in [-0.4, -0.2) is 44.8 Å². The van der Waals surface area contributed by atoms with Gasteiger partial charge in [-0.1, -0.05) is 31.5 Å². The SMILES string of the molecule is CCC[C@@H](NC)C(=O)NC1CCC(n2nc(-c3ccc(Oc4ccccc4)cc3)c3c(N)ncnc32)CC1. The van der Waals surface area contributed by atoms with E-state index in [1.807, 2.05) is 66.3 Å². The van der Waals surface area contributed by atoms with Crippen LogP contribution in [0.5, 0.6) is 11.5 Å². The number of amides is 1. The molecule has 1 aliphatic carbocycles. The number of likely N-dealkylation sites (N-methyl/N-ethyl adjacent to an activating group) is 1. The average molecular weight is 514 g/mol. The Bertz CT molecular complexity index is 1360. The van der Waals surface area contributed by atoms with Crippen LogP contribution < -0.4 is 21.1 Å². The van der Waals surface area contributed by atoms with Crippen molar-refractivity contribution < 1.29 is 9.53 Å². The van der Waals surface area contributed by atoms with Gasteiger partial charge in [-0.15, -0.1) is 0 Å². The summed E-state index contributed by atoms with van der Waals surface area (Å²) in [4.78, 5) is 21.5. The van der Waals surface area contributed by atoms with Gasteiger partial charge < -0.3 is 21.1 Å². The van der Waals surface area contributed by atoms with Gasteiger partial charge in [0.2, 0.25) is 5.91 Å². The van der Waals surface area contributed by atoms with Gasteiger partial charge in [-0.05, 0) is 75.5 Å². The van der Waals surface area contributed by atoms with Gasteiger partial charge in [-0.25, -0.2) is 14.6 Å². The number of fused-ring (bicyclic) bond motifs is 1. The molecule has 0 aliphatic heterocycles. The highest BCUT2D eigenvalue weighted by Gasteiger charge is 2.28. The highest BCUT2D eigenvalue weighted by atomic mass is 16.5. The Labute approximate surface area is 222 Å². The molecular formula is C29H35N7O2. The number of nitrogens with two attached hydrogens (primary N) is 1. The molecule has 5 rings (SSSR count). The van der Waals surface area contributed by atoms with E-state index in [-0.39, 0.29) is 24.0 Å². The number of carbonyl (C=O) groups excluding carboxylic acids is 1. The van der Waals surface area contributed by atoms with Crippen LogP contribution in [0.4, 0.5) is 5.82 Å².